The Hall–Kier alpha value is -3.20. The standard InChI is InChI=1S/C17H19N7O2/c1-22-6-8-23(9-7-22)16-5-4-15(24(25)26)17(20-16)19-13-2-3-14-12(10-13)11-18-21-14/h2-5,10-11H,6-9H2,1H3,(H,18,21)(H,19,20). The zero-order valence-electron chi connectivity index (χ0n) is 14.3. The Bertz CT molecular complexity index is 947. The first-order chi connectivity index (χ1) is 12.6. The van der Waals surface area contributed by atoms with E-state index in [-0.39, 0.29) is 11.5 Å². The van der Waals surface area contributed by atoms with E-state index >= 15 is 0 Å². The van der Waals surface area contributed by atoms with E-state index in [1.165, 1.54) is 6.07 Å². The fourth-order valence-electron chi connectivity index (χ4n) is 3.05. The van der Waals surface area contributed by atoms with E-state index in [1.807, 2.05) is 18.2 Å². The molecule has 1 saturated heterocycles. The molecule has 0 radical (unpaired) electrons. The SMILES string of the molecule is CN1CCN(c2ccc([N+](=O)[O-])c(Nc3ccc4[nH]ncc4c3)n2)CC1. The molecule has 2 aromatic heterocycles. The lowest BCUT2D eigenvalue weighted by Crippen LogP contribution is -2.44. The zero-order valence-corrected chi connectivity index (χ0v) is 14.3. The Morgan fingerprint density at radius 2 is 2.00 bits per heavy atom. The van der Waals surface area contributed by atoms with Crippen LogP contribution in [0.5, 0.6) is 0 Å². The highest BCUT2D eigenvalue weighted by Gasteiger charge is 2.21. The van der Waals surface area contributed by atoms with Gasteiger partial charge < -0.3 is 15.1 Å². The zero-order chi connectivity index (χ0) is 18.1. The maximum atomic E-state index is 11.4. The summed E-state index contributed by atoms with van der Waals surface area (Å²) in [6, 6.07) is 8.83. The minimum absolute atomic E-state index is 0.0461. The molecule has 0 bridgehead atoms. The van der Waals surface area contributed by atoms with Crippen molar-refractivity contribution in [2.75, 3.05) is 43.4 Å². The van der Waals surface area contributed by atoms with Gasteiger partial charge in [-0.25, -0.2) is 4.98 Å². The molecule has 9 heteroatoms. The van der Waals surface area contributed by atoms with Crippen molar-refractivity contribution in [3.05, 3.63) is 46.6 Å². The predicted molar refractivity (Wildman–Crippen MR) is 100.0 cm³/mol. The van der Waals surface area contributed by atoms with Gasteiger partial charge in [0, 0.05) is 43.3 Å². The van der Waals surface area contributed by atoms with Crippen molar-refractivity contribution in [1.82, 2.24) is 20.1 Å². The summed E-state index contributed by atoms with van der Waals surface area (Å²) >= 11 is 0. The summed E-state index contributed by atoms with van der Waals surface area (Å²) in [5.74, 6) is 0.991. The van der Waals surface area contributed by atoms with Gasteiger partial charge in [-0.15, -0.1) is 0 Å². The molecule has 1 fully saturated rings. The van der Waals surface area contributed by atoms with E-state index < -0.39 is 4.92 Å². The number of nitrogens with one attached hydrogen (secondary N) is 2. The van der Waals surface area contributed by atoms with Crippen LogP contribution < -0.4 is 10.2 Å². The number of benzene rings is 1. The lowest BCUT2D eigenvalue weighted by atomic mass is 10.2. The van der Waals surface area contributed by atoms with Crippen molar-refractivity contribution >= 4 is 33.9 Å². The number of rotatable bonds is 4. The fraction of sp³-hybridized carbons (Fsp3) is 0.294. The Kier molecular flexibility index (Phi) is 4.13. The second kappa shape index (κ2) is 6.60. The molecule has 0 unspecified atom stereocenters. The van der Waals surface area contributed by atoms with Crippen molar-refractivity contribution in [2.45, 2.75) is 0 Å². The summed E-state index contributed by atoms with van der Waals surface area (Å²) in [4.78, 5) is 19.9. The lowest BCUT2D eigenvalue weighted by molar-refractivity contribution is -0.384. The molecule has 1 aliphatic rings. The molecule has 0 atom stereocenters. The number of aromatic nitrogens is 3. The van der Waals surface area contributed by atoms with Gasteiger partial charge in [-0.05, 0) is 31.3 Å². The van der Waals surface area contributed by atoms with Crippen LogP contribution in [0.2, 0.25) is 0 Å². The van der Waals surface area contributed by atoms with Crippen LogP contribution in [0.3, 0.4) is 0 Å². The topological polar surface area (TPSA) is 103 Å². The smallest absolute Gasteiger partial charge is 0.311 e. The van der Waals surface area contributed by atoms with Gasteiger partial charge in [0.2, 0.25) is 5.82 Å². The molecule has 3 aromatic rings. The van der Waals surface area contributed by atoms with Gasteiger partial charge >= 0.3 is 5.69 Å². The van der Waals surface area contributed by atoms with E-state index in [0.29, 0.717) is 0 Å². The summed E-state index contributed by atoms with van der Waals surface area (Å²) in [5, 5.41) is 22.3. The van der Waals surface area contributed by atoms with Crippen LogP contribution in [0.25, 0.3) is 10.9 Å². The summed E-state index contributed by atoms with van der Waals surface area (Å²) in [7, 11) is 2.08. The van der Waals surface area contributed by atoms with Crippen LogP contribution >= 0.6 is 0 Å². The maximum Gasteiger partial charge on any atom is 0.311 e. The van der Waals surface area contributed by atoms with Crippen LogP contribution in [0.15, 0.2) is 36.5 Å². The maximum absolute atomic E-state index is 11.4. The van der Waals surface area contributed by atoms with Crippen molar-refractivity contribution in [1.29, 1.82) is 0 Å². The number of pyridine rings is 1. The second-order valence-electron chi connectivity index (χ2n) is 6.38. The first-order valence-electron chi connectivity index (χ1n) is 8.39. The molecule has 0 saturated carbocycles. The molecule has 3 heterocycles. The lowest BCUT2D eigenvalue weighted by Gasteiger charge is -2.33. The quantitative estimate of drug-likeness (QED) is 0.548. The molecule has 26 heavy (non-hydrogen) atoms. The van der Waals surface area contributed by atoms with E-state index in [1.54, 1.807) is 12.3 Å². The molecule has 0 amide bonds. The minimum atomic E-state index is -0.417. The molecule has 134 valence electrons. The Morgan fingerprint density at radius 1 is 1.19 bits per heavy atom. The van der Waals surface area contributed by atoms with Gasteiger partial charge in [0.25, 0.3) is 0 Å². The number of aromatic amines is 1. The number of anilines is 3. The molecule has 1 aliphatic heterocycles. The van der Waals surface area contributed by atoms with Crippen molar-refractivity contribution in [3.8, 4) is 0 Å². The van der Waals surface area contributed by atoms with Crippen LogP contribution in [0.1, 0.15) is 0 Å². The number of hydrogen-bond acceptors (Lipinski definition) is 7. The number of piperazine rings is 1. The Balaban J connectivity index is 1.65. The number of nitro groups is 1. The average Bonchev–Trinajstić information content (AvgIpc) is 3.10. The highest BCUT2D eigenvalue weighted by molar-refractivity contribution is 5.83. The molecular weight excluding hydrogens is 334 g/mol. The van der Waals surface area contributed by atoms with E-state index in [9.17, 15) is 10.1 Å². The van der Waals surface area contributed by atoms with E-state index in [4.69, 9.17) is 0 Å². The number of nitrogens with zero attached hydrogens (tertiary/aromatic N) is 5. The summed E-state index contributed by atoms with van der Waals surface area (Å²) in [6.07, 6.45) is 1.71. The van der Waals surface area contributed by atoms with Crippen molar-refractivity contribution in [2.24, 2.45) is 0 Å². The Morgan fingerprint density at radius 3 is 2.77 bits per heavy atom. The largest absolute Gasteiger partial charge is 0.354 e. The number of hydrogen-bond donors (Lipinski definition) is 2. The summed E-state index contributed by atoms with van der Waals surface area (Å²) in [5.41, 5.74) is 1.59. The monoisotopic (exact) mass is 353 g/mol. The van der Waals surface area contributed by atoms with Crippen LogP contribution in [-0.2, 0) is 0 Å². The normalized spacial score (nSPS) is 15.3. The highest BCUT2D eigenvalue weighted by Crippen LogP contribution is 2.29. The number of H-pyrrole nitrogens is 1. The molecular formula is C17H19N7O2. The fourth-order valence-corrected chi connectivity index (χ4v) is 3.05. The minimum Gasteiger partial charge on any atom is -0.354 e. The molecule has 2 N–H and O–H groups in total. The van der Waals surface area contributed by atoms with Gasteiger partial charge in [0.05, 0.1) is 16.6 Å². The van der Waals surface area contributed by atoms with Crippen LogP contribution in [-0.4, -0.2) is 58.2 Å². The number of likely N-dealkylation sites (N-methyl/N-ethyl adjacent to an activating group) is 1. The first kappa shape index (κ1) is 16.3. The van der Waals surface area contributed by atoms with Gasteiger partial charge in [-0.1, -0.05) is 0 Å². The Labute approximate surface area is 149 Å². The second-order valence-corrected chi connectivity index (χ2v) is 6.38. The first-order valence-corrected chi connectivity index (χ1v) is 8.39. The third-order valence-corrected chi connectivity index (χ3v) is 4.59. The highest BCUT2D eigenvalue weighted by atomic mass is 16.6. The molecule has 0 spiro atoms. The third kappa shape index (κ3) is 3.16. The van der Waals surface area contributed by atoms with Gasteiger partial charge in [0.1, 0.15) is 5.82 Å². The van der Waals surface area contributed by atoms with Crippen molar-refractivity contribution < 1.29 is 4.92 Å². The predicted octanol–water partition coefficient (Wildman–Crippen LogP) is 2.36. The number of fused-ring (bicyclic) bond motifs is 1. The molecule has 4 rings (SSSR count). The van der Waals surface area contributed by atoms with E-state index in [0.717, 1.165) is 48.6 Å². The van der Waals surface area contributed by atoms with Crippen LogP contribution in [0, 0.1) is 10.1 Å². The van der Waals surface area contributed by atoms with Gasteiger partial charge in [-0.3, -0.25) is 15.2 Å². The summed E-state index contributed by atoms with van der Waals surface area (Å²) < 4.78 is 0. The third-order valence-electron chi connectivity index (χ3n) is 4.59. The summed E-state index contributed by atoms with van der Waals surface area (Å²) in [6.45, 7) is 3.58. The molecule has 1 aromatic carbocycles. The van der Waals surface area contributed by atoms with Gasteiger partial charge in [0.15, 0.2) is 0 Å². The molecule has 0 aliphatic carbocycles. The van der Waals surface area contributed by atoms with Gasteiger partial charge in [-0.2, -0.15) is 5.10 Å². The molecule has 9 nitrogen and oxygen atoms in total. The van der Waals surface area contributed by atoms with E-state index in [2.05, 4.69) is 37.3 Å². The van der Waals surface area contributed by atoms with Crippen molar-refractivity contribution in [3.63, 3.8) is 0 Å². The average molecular weight is 353 g/mol. The van der Waals surface area contributed by atoms with Crippen LogP contribution in [0.4, 0.5) is 23.0 Å².